The number of fused-ring (bicyclic) bond motifs is 3. The molecule has 14 heteroatoms. The molecule has 0 aromatic carbocycles. The summed E-state index contributed by atoms with van der Waals surface area (Å²) < 4.78 is 38.6. The number of carbonyl (C=O) groups excluding carboxylic acids is 1. The number of carbonyl (C=O) groups is 1. The number of nitrogens with zero attached hydrogens (tertiary/aromatic N) is 4. The Kier molecular flexibility index (Phi) is 6.51. The van der Waals surface area contributed by atoms with E-state index in [9.17, 15) is 28.5 Å². The zero-order chi connectivity index (χ0) is 27.7. The van der Waals surface area contributed by atoms with Crippen LogP contribution in [0, 0.1) is 16.7 Å². The molecule has 3 saturated carbocycles. The lowest BCUT2D eigenvalue weighted by Crippen LogP contribution is -2.43. The number of imidazole rings is 1. The van der Waals surface area contributed by atoms with Gasteiger partial charge in [-0.15, -0.1) is 0 Å². The summed E-state index contributed by atoms with van der Waals surface area (Å²) in [6.45, 7) is 3.39. The summed E-state index contributed by atoms with van der Waals surface area (Å²) in [5, 5.41) is 34.8. The van der Waals surface area contributed by atoms with Gasteiger partial charge in [0.25, 0.3) is 10.1 Å². The van der Waals surface area contributed by atoms with E-state index in [1.807, 2.05) is 13.8 Å². The molecule has 3 aliphatic carbocycles. The molecule has 1 aliphatic heterocycles. The Morgan fingerprint density at radius 2 is 1.95 bits per heavy atom. The van der Waals surface area contributed by atoms with Crippen LogP contribution in [-0.4, -0.2) is 91.9 Å². The minimum absolute atomic E-state index is 0.0335. The fraction of sp³-hybridized carbons (Fsp3) is 0.760. The number of aromatic nitrogens is 4. The molecule has 3 heterocycles. The Morgan fingerprint density at radius 3 is 2.62 bits per heavy atom. The van der Waals surface area contributed by atoms with E-state index in [1.54, 1.807) is 0 Å². The van der Waals surface area contributed by atoms with Crippen LogP contribution in [0.2, 0.25) is 0 Å². The van der Waals surface area contributed by atoms with Crippen molar-refractivity contribution in [2.45, 2.75) is 89.1 Å². The number of nitrogens with one attached hydrogen (secondary N) is 1. The highest BCUT2D eigenvalue weighted by atomic mass is 32.2. The predicted molar refractivity (Wildman–Crippen MR) is 137 cm³/mol. The zero-order valence-corrected chi connectivity index (χ0v) is 22.7. The van der Waals surface area contributed by atoms with Crippen molar-refractivity contribution < 1.29 is 37.5 Å². The molecule has 39 heavy (non-hydrogen) atoms. The molecular weight excluding hydrogens is 530 g/mol. The molecule has 2 aromatic heterocycles. The molecule has 6 rings (SSSR count). The summed E-state index contributed by atoms with van der Waals surface area (Å²) >= 11 is 0. The van der Waals surface area contributed by atoms with Gasteiger partial charge in [-0.1, -0.05) is 13.8 Å². The summed E-state index contributed by atoms with van der Waals surface area (Å²) in [6.07, 6.45) is 1.26. The van der Waals surface area contributed by atoms with Crippen molar-refractivity contribution in [3.8, 4) is 0 Å². The molecule has 13 nitrogen and oxygen atoms in total. The third-order valence-electron chi connectivity index (χ3n) is 9.75. The highest BCUT2D eigenvalue weighted by molar-refractivity contribution is 7.86. The van der Waals surface area contributed by atoms with E-state index in [2.05, 4.69) is 20.3 Å². The van der Waals surface area contributed by atoms with Gasteiger partial charge in [-0.05, 0) is 43.4 Å². The average molecular weight is 566 g/mol. The Hall–Kier alpha value is -2.23. The van der Waals surface area contributed by atoms with Gasteiger partial charge in [0.2, 0.25) is 0 Å². The first kappa shape index (κ1) is 27.0. The third kappa shape index (κ3) is 4.27. The van der Waals surface area contributed by atoms with Crippen molar-refractivity contribution in [2.75, 3.05) is 17.7 Å². The van der Waals surface area contributed by atoms with Gasteiger partial charge in [0, 0.05) is 6.42 Å². The normalized spacial score (nSPS) is 37.8. The molecule has 2 aromatic rings. The topological polar surface area (TPSA) is 186 Å². The molecule has 1 unspecified atom stereocenters. The molecular formula is C25H35N5O8S. The Labute approximate surface area is 226 Å². The lowest BCUT2D eigenvalue weighted by Gasteiger charge is -2.35. The fourth-order valence-electron chi connectivity index (χ4n) is 7.15. The summed E-state index contributed by atoms with van der Waals surface area (Å²) in [5.74, 6) is 0.158. The number of hydrogen-bond donors (Lipinski definition) is 4. The van der Waals surface area contributed by atoms with Gasteiger partial charge in [0.15, 0.2) is 23.2 Å². The molecule has 0 amide bonds. The number of Topliss-reactive ketones (excluding diaryl/α,β-unsaturated/α-hetero) is 1. The van der Waals surface area contributed by atoms with Crippen LogP contribution in [0.25, 0.3) is 11.2 Å². The van der Waals surface area contributed by atoms with Crippen LogP contribution in [0.4, 0.5) is 5.82 Å². The molecule has 0 radical (unpaired) electrons. The van der Waals surface area contributed by atoms with E-state index >= 15 is 0 Å². The number of hydrogen-bond acceptors (Lipinski definition) is 12. The van der Waals surface area contributed by atoms with Crippen LogP contribution >= 0.6 is 0 Å². The van der Waals surface area contributed by atoms with Crippen LogP contribution in [-0.2, 0) is 23.8 Å². The molecule has 1 saturated heterocycles. The molecule has 214 valence electrons. The minimum Gasteiger partial charge on any atom is -0.391 e. The van der Waals surface area contributed by atoms with Crippen molar-refractivity contribution in [1.29, 1.82) is 0 Å². The number of ether oxygens (including phenoxy) is 1. The molecule has 2 bridgehead atoms. The highest BCUT2D eigenvalue weighted by Crippen LogP contribution is 2.64. The molecule has 4 N–H and O–H groups in total. The molecule has 0 spiro atoms. The van der Waals surface area contributed by atoms with Crippen molar-refractivity contribution in [3.05, 3.63) is 12.7 Å². The van der Waals surface area contributed by atoms with Gasteiger partial charge >= 0.3 is 0 Å². The number of anilines is 1. The van der Waals surface area contributed by atoms with Crippen molar-refractivity contribution in [2.24, 2.45) is 16.7 Å². The number of aliphatic hydroxyl groups is 3. The van der Waals surface area contributed by atoms with E-state index in [0.29, 0.717) is 36.2 Å². The third-order valence-corrected chi connectivity index (χ3v) is 11.1. The second-order valence-corrected chi connectivity index (χ2v) is 13.6. The SMILES string of the molecule is CC1(C)C2CC[C@@]1(CS(=O)(=O)OC[C@H]1O[C@@H](n3cnc4c(N[C@H]5CCC[C@@H]5O)ncnc43)[C@H](O)[C@@H]1O)C(=O)C2. The highest BCUT2D eigenvalue weighted by Gasteiger charge is 2.65. The van der Waals surface area contributed by atoms with E-state index in [-0.39, 0.29) is 17.7 Å². The first-order chi connectivity index (χ1) is 18.4. The van der Waals surface area contributed by atoms with Crippen LogP contribution in [0.15, 0.2) is 12.7 Å². The number of rotatable bonds is 8. The first-order valence-corrected chi connectivity index (χ1v) is 15.1. The Bertz CT molecular complexity index is 1380. The minimum atomic E-state index is -4.13. The lowest BCUT2D eigenvalue weighted by molar-refractivity contribution is -0.128. The Morgan fingerprint density at radius 1 is 1.15 bits per heavy atom. The maximum atomic E-state index is 13.0. The first-order valence-electron chi connectivity index (χ1n) is 13.5. The summed E-state index contributed by atoms with van der Waals surface area (Å²) in [7, 11) is -4.13. The predicted octanol–water partition coefficient (Wildman–Crippen LogP) is 0.513. The van der Waals surface area contributed by atoms with Crippen molar-refractivity contribution in [3.63, 3.8) is 0 Å². The fourth-order valence-corrected chi connectivity index (χ4v) is 8.85. The van der Waals surface area contributed by atoms with Crippen LogP contribution in [0.5, 0.6) is 0 Å². The Balaban J connectivity index is 1.15. The monoisotopic (exact) mass is 565 g/mol. The summed E-state index contributed by atoms with van der Waals surface area (Å²) in [6, 6.07) is -0.161. The lowest BCUT2D eigenvalue weighted by atomic mass is 9.70. The second-order valence-electron chi connectivity index (χ2n) is 12.0. The van der Waals surface area contributed by atoms with Crippen molar-refractivity contribution >= 4 is 32.9 Å². The summed E-state index contributed by atoms with van der Waals surface area (Å²) in [4.78, 5) is 25.6. The van der Waals surface area contributed by atoms with Gasteiger partial charge in [0.05, 0.1) is 36.2 Å². The largest absolute Gasteiger partial charge is 0.391 e. The zero-order valence-electron chi connectivity index (χ0n) is 21.9. The average Bonchev–Trinajstić information content (AvgIpc) is 3.64. The second kappa shape index (κ2) is 9.42. The van der Waals surface area contributed by atoms with Gasteiger partial charge in [0.1, 0.15) is 30.4 Å². The van der Waals surface area contributed by atoms with E-state index in [4.69, 9.17) is 8.92 Å². The van der Waals surface area contributed by atoms with Crippen LogP contribution < -0.4 is 5.32 Å². The van der Waals surface area contributed by atoms with Gasteiger partial charge in [-0.25, -0.2) is 15.0 Å². The van der Waals surface area contributed by atoms with Gasteiger partial charge in [-0.2, -0.15) is 8.42 Å². The molecule has 8 atom stereocenters. The van der Waals surface area contributed by atoms with Crippen LogP contribution in [0.3, 0.4) is 0 Å². The number of aliphatic hydroxyl groups excluding tert-OH is 3. The smallest absolute Gasteiger partial charge is 0.268 e. The van der Waals surface area contributed by atoms with Gasteiger partial charge in [-0.3, -0.25) is 13.5 Å². The van der Waals surface area contributed by atoms with Gasteiger partial charge < -0.3 is 25.4 Å². The number of ketones is 1. The van der Waals surface area contributed by atoms with Crippen LogP contribution in [0.1, 0.15) is 58.6 Å². The maximum absolute atomic E-state index is 13.0. The quantitative estimate of drug-likeness (QED) is 0.326. The maximum Gasteiger partial charge on any atom is 0.268 e. The van der Waals surface area contributed by atoms with E-state index in [0.717, 1.165) is 19.3 Å². The standard InChI is InChI=1S/C25H35N5O8S/c1-24(2)13-6-7-25(24,17(32)8-13)10-39(35,36)37-9-16-19(33)20(34)23(38-16)30-12-28-18-21(26-11-27-22(18)30)29-14-4-3-5-15(14)31/h11-16,19-20,23,31,33-34H,3-10H2,1-2H3,(H,26,27,29)/t13?,14-,15-,16+,19+,20+,23+,25+/m0/s1. The van der Waals surface area contributed by atoms with Crippen molar-refractivity contribution in [1.82, 2.24) is 19.5 Å². The summed E-state index contributed by atoms with van der Waals surface area (Å²) in [5.41, 5.74) is -0.660. The van der Waals surface area contributed by atoms with E-state index < -0.39 is 64.0 Å². The molecule has 4 aliphatic rings. The van der Waals surface area contributed by atoms with E-state index in [1.165, 1.54) is 17.2 Å². The molecule has 4 fully saturated rings.